The number of benzene rings is 1. The maximum absolute atomic E-state index is 11.7. The van der Waals surface area contributed by atoms with Crippen LogP contribution in [0.1, 0.15) is 5.56 Å². The number of hydrogen-bond acceptors (Lipinski definition) is 4. The number of nitrogens with zero attached hydrogens (tertiary/aromatic N) is 1. The molecule has 20 heavy (non-hydrogen) atoms. The summed E-state index contributed by atoms with van der Waals surface area (Å²) in [4.78, 5) is 29.2. The van der Waals surface area contributed by atoms with Crippen molar-refractivity contribution in [1.29, 1.82) is 0 Å². The van der Waals surface area contributed by atoms with Crippen LogP contribution in [0.15, 0.2) is 46.5 Å². The number of rotatable bonds is 5. The summed E-state index contributed by atoms with van der Waals surface area (Å²) in [6.07, 6.45) is 1.41. The van der Waals surface area contributed by atoms with Crippen molar-refractivity contribution in [3.05, 3.63) is 57.5 Å². The molecular formula is C13H12ClN3O2S. The van der Waals surface area contributed by atoms with E-state index >= 15 is 0 Å². The van der Waals surface area contributed by atoms with E-state index < -0.39 is 0 Å². The predicted octanol–water partition coefficient (Wildman–Crippen LogP) is 1.83. The molecule has 1 aromatic carbocycles. The quantitative estimate of drug-likeness (QED) is 0.653. The maximum Gasteiger partial charge on any atom is 0.251 e. The lowest BCUT2D eigenvalue weighted by atomic mass is 10.2. The van der Waals surface area contributed by atoms with Crippen LogP contribution < -0.4 is 10.9 Å². The summed E-state index contributed by atoms with van der Waals surface area (Å²) in [6, 6.07) is 8.61. The van der Waals surface area contributed by atoms with Crippen molar-refractivity contribution < 1.29 is 4.79 Å². The monoisotopic (exact) mass is 309 g/mol. The Morgan fingerprint density at radius 3 is 3.00 bits per heavy atom. The van der Waals surface area contributed by atoms with E-state index in [2.05, 4.69) is 15.3 Å². The van der Waals surface area contributed by atoms with Crippen molar-refractivity contribution in [2.45, 2.75) is 11.7 Å². The molecule has 0 unspecified atom stereocenters. The highest BCUT2D eigenvalue weighted by molar-refractivity contribution is 7.99. The fourth-order valence-corrected chi connectivity index (χ4v) is 2.35. The first kappa shape index (κ1) is 14.6. The van der Waals surface area contributed by atoms with E-state index in [0.717, 1.165) is 5.56 Å². The standard InChI is InChI=1S/C13H12ClN3O2S/c14-10-3-1-2-9(6-10)7-16-12(19)8-20-13-15-5-4-11(18)17-13/h1-6H,7-8H2,(H,16,19)(H,15,17,18). The molecule has 0 aliphatic carbocycles. The van der Waals surface area contributed by atoms with Gasteiger partial charge in [0.2, 0.25) is 5.91 Å². The molecule has 5 nitrogen and oxygen atoms in total. The molecule has 2 N–H and O–H groups in total. The lowest BCUT2D eigenvalue weighted by Gasteiger charge is -2.05. The second-order valence-corrected chi connectivity index (χ2v) is 5.34. The molecular weight excluding hydrogens is 298 g/mol. The minimum absolute atomic E-state index is 0.138. The van der Waals surface area contributed by atoms with E-state index in [-0.39, 0.29) is 17.2 Å². The third-order valence-electron chi connectivity index (χ3n) is 2.37. The molecule has 0 aliphatic rings. The Bertz CT molecular complexity index is 660. The van der Waals surface area contributed by atoms with Crippen molar-refractivity contribution in [3.8, 4) is 0 Å². The average Bonchev–Trinajstić information content (AvgIpc) is 2.43. The Morgan fingerprint density at radius 1 is 1.40 bits per heavy atom. The number of H-pyrrole nitrogens is 1. The summed E-state index contributed by atoms with van der Waals surface area (Å²) < 4.78 is 0. The van der Waals surface area contributed by atoms with E-state index in [1.54, 1.807) is 12.1 Å². The lowest BCUT2D eigenvalue weighted by Crippen LogP contribution is -2.24. The van der Waals surface area contributed by atoms with Gasteiger partial charge in [-0.05, 0) is 17.7 Å². The summed E-state index contributed by atoms with van der Waals surface area (Å²) in [6.45, 7) is 0.415. The number of amides is 1. The highest BCUT2D eigenvalue weighted by atomic mass is 35.5. The van der Waals surface area contributed by atoms with Crippen LogP contribution in [0.4, 0.5) is 0 Å². The fraction of sp³-hybridized carbons (Fsp3) is 0.154. The maximum atomic E-state index is 11.7. The molecule has 0 atom stereocenters. The van der Waals surface area contributed by atoms with Gasteiger partial charge < -0.3 is 10.3 Å². The smallest absolute Gasteiger partial charge is 0.251 e. The molecule has 0 spiro atoms. The fourth-order valence-electron chi connectivity index (χ4n) is 1.46. The van der Waals surface area contributed by atoms with Crippen molar-refractivity contribution >= 4 is 29.3 Å². The van der Waals surface area contributed by atoms with Gasteiger partial charge in [0.15, 0.2) is 5.16 Å². The van der Waals surface area contributed by atoms with E-state index in [1.165, 1.54) is 24.0 Å². The van der Waals surface area contributed by atoms with E-state index in [9.17, 15) is 9.59 Å². The van der Waals surface area contributed by atoms with Crippen LogP contribution >= 0.6 is 23.4 Å². The minimum atomic E-state index is -0.234. The molecule has 0 bridgehead atoms. The van der Waals surface area contributed by atoms with E-state index in [4.69, 9.17) is 11.6 Å². The Kier molecular flexibility index (Phi) is 5.20. The number of carbonyl (C=O) groups is 1. The molecule has 0 aliphatic heterocycles. The first-order chi connectivity index (χ1) is 9.63. The summed E-state index contributed by atoms with van der Waals surface area (Å²) in [7, 11) is 0. The summed E-state index contributed by atoms with van der Waals surface area (Å²) in [5, 5.41) is 3.84. The Morgan fingerprint density at radius 2 is 2.25 bits per heavy atom. The van der Waals surface area contributed by atoms with E-state index in [0.29, 0.717) is 16.7 Å². The van der Waals surface area contributed by atoms with Gasteiger partial charge in [-0.15, -0.1) is 0 Å². The predicted molar refractivity (Wildman–Crippen MR) is 78.9 cm³/mol. The van der Waals surface area contributed by atoms with Gasteiger partial charge in [0, 0.05) is 23.8 Å². The topological polar surface area (TPSA) is 74.8 Å². The van der Waals surface area contributed by atoms with Gasteiger partial charge in [0.1, 0.15) is 0 Å². The van der Waals surface area contributed by atoms with Crippen molar-refractivity contribution in [2.24, 2.45) is 0 Å². The van der Waals surface area contributed by atoms with Gasteiger partial charge in [-0.1, -0.05) is 35.5 Å². The van der Waals surface area contributed by atoms with Crippen LogP contribution in [0.3, 0.4) is 0 Å². The molecule has 104 valence electrons. The number of carbonyl (C=O) groups excluding carboxylic acids is 1. The molecule has 0 fully saturated rings. The van der Waals surface area contributed by atoms with Gasteiger partial charge in [0.05, 0.1) is 5.75 Å². The van der Waals surface area contributed by atoms with Crippen LogP contribution in [-0.4, -0.2) is 21.6 Å². The van der Waals surface area contributed by atoms with Crippen molar-refractivity contribution in [3.63, 3.8) is 0 Å². The van der Waals surface area contributed by atoms with Crippen LogP contribution in [0.5, 0.6) is 0 Å². The minimum Gasteiger partial charge on any atom is -0.351 e. The van der Waals surface area contributed by atoms with Crippen molar-refractivity contribution in [2.75, 3.05) is 5.75 Å². The highest BCUT2D eigenvalue weighted by Crippen LogP contribution is 2.11. The summed E-state index contributed by atoms with van der Waals surface area (Å²) in [5.41, 5.74) is 0.698. The molecule has 2 aromatic rings. The number of aromatic nitrogens is 2. The summed E-state index contributed by atoms with van der Waals surface area (Å²) >= 11 is 7.03. The number of nitrogens with one attached hydrogen (secondary N) is 2. The molecule has 1 heterocycles. The second-order valence-electron chi connectivity index (χ2n) is 3.93. The van der Waals surface area contributed by atoms with Gasteiger partial charge in [-0.3, -0.25) is 9.59 Å². The summed E-state index contributed by atoms with van der Waals surface area (Å²) in [5.74, 6) is 0.0505. The zero-order chi connectivity index (χ0) is 14.4. The van der Waals surface area contributed by atoms with Gasteiger partial charge >= 0.3 is 0 Å². The van der Waals surface area contributed by atoms with Crippen LogP contribution in [0.25, 0.3) is 0 Å². The molecule has 1 amide bonds. The Balaban J connectivity index is 1.80. The Labute approximate surface area is 124 Å². The number of aromatic amines is 1. The Hall–Kier alpha value is -1.79. The molecule has 0 saturated heterocycles. The highest BCUT2D eigenvalue weighted by Gasteiger charge is 2.04. The van der Waals surface area contributed by atoms with Crippen molar-refractivity contribution in [1.82, 2.24) is 15.3 Å². The van der Waals surface area contributed by atoms with Gasteiger partial charge in [-0.25, -0.2) is 4.98 Å². The number of hydrogen-bond donors (Lipinski definition) is 2. The third-order valence-corrected chi connectivity index (χ3v) is 3.49. The zero-order valence-corrected chi connectivity index (χ0v) is 12.0. The van der Waals surface area contributed by atoms with Crippen LogP contribution in [0.2, 0.25) is 5.02 Å². The third kappa shape index (κ3) is 4.71. The number of halogens is 1. The lowest BCUT2D eigenvalue weighted by molar-refractivity contribution is -0.118. The molecule has 2 rings (SSSR count). The molecule has 0 radical (unpaired) electrons. The van der Waals surface area contributed by atoms with E-state index in [1.807, 2.05) is 12.1 Å². The molecule has 0 saturated carbocycles. The number of thioether (sulfide) groups is 1. The SMILES string of the molecule is O=C(CSc1nccc(=O)[nH]1)NCc1cccc(Cl)c1. The largest absolute Gasteiger partial charge is 0.351 e. The molecule has 1 aromatic heterocycles. The van der Waals surface area contributed by atoms with Gasteiger partial charge in [0.25, 0.3) is 5.56 Å². The van der Waals surface area contributed by atoms with Crippen LogP contribution in [0, 0.1) is 0 Å². The van der Waals surface area contributed by atoms with Crippen LogP contribution in [-0.2, 0) is 11.3 Å². The molecule has 7 heteroatoms. The van der Waals surface area contributed by atoms with Gasteiger partial charge in [-0.2, -0.15) is 0 Å². The second kappa shape index (κ2) is 7.12. The zero-order valence-electron chi connectivity index (χ0n) is 10.4. The first-order valence-electron chi connectivity index (χ1n) is 5.83. The average molecular weight is 310 g/mol. The normalized spacial score (nSPS) is 10.2. The first-order valence-corrected chi connectivity index (χ1v) is 7.19.